The Bertz CT molecular complexity index is 15.7. The Kier molecular flexibility index (Phi) is 78.9. The summed E-state index contributed by atoms with van der Waals surface area (Å²) in [4.78, 5) is 0. The maximum absolute atomic E-state index is 7.57. The summed E-state index contributed by atoms with van der Waals surface area (Å²) >= 11 is 0. The van der Waals surface area contributed by atoms with Crippen LogP contribution >= 0.6 is 0 Å². The van der Waals surface area contributed by atoms with Gasteiger partial charge in [-0.15, -0.1) is 0 Å². The van der Waals surface area contributed by atoms with Gasteiger partial charge < -0.3 is 7.96 Å². The summed E-state index contributed by atoms with van der Waals surface area (Å²) in [6.45, 7) is 1.93. The van der Waals surface area contributed by atoms with Crippen molar-refractivity contribution in [3.8, 4) is 0 Å². The van der Waals surface area contributed by atoms with E-state index in [0.29, 0.717) is 0 Å². The van der Waals surface area contributed by atoms with Crippen molar-refractivity contribution in [2.24, 2.45) is 0 Å². The van der Waals surface area contributed by atoms with Gasteiger partial charge in [-0.3, -0.25) is 4.70 Å². The van der Waals surface area contributed by atoms with Crippen molar-refractivity contribution in [1.82, 2.24) is 0 Å². The van der Waals surface area contributed by atoms with E-state index in [0.717, 1.165) is 0 Å². The summed E-state index contributed by atoms with van der Waals surface area (Å²) in [5, 5.41) is 7.57. The summed E-state index contributed by atoms with van der Waals surface area (Å²) in [5.41, 5.74) is 0. The van der Waals surface area contributed by atoms with E-state index in [1.807, 2.05) is 0 Å². The predicted octanol–water partition coefficient (Wildman–Crippen LogP) is -0.00470. The number of halogens is 1. The molecule has 0 aliphatic carbocycles. The van der Waals surface area contributed by atoms with Crippen LogP contribution < -0.4 is 0 Å². The van der Waals surface area contributed by atoms with Gasteiger partial charge in [0.05, 0.1) is 0 Å². The Morgan fingerprint density at radius 3 is 1.80 bits per heavy atom. The molecule has 32 valence electrons. The molecule has 0 unspecified atom stereocenters. The first-order valence-corrected chi connectivity index (χ1v) is 1.02. The summed E-state index contributed by atoms with van der Waals surface area (Å²) in [6.07, 6.45) is 0. The van der Waals surface area contributed by atoms with E-state index in [-0.39, 0.29) is 37.2 Å². The molecule has 0 spiro atoms. The summed E-state index contributed by atoms with van der Waals surface area (Å²) in [6, 6.07) is 0. The van der Waals surface area contributed by atoms with E-state index in [9.17, 15) is 0 Å². The number of aliphatic hydroxyl groups is 1. The summed E-state index contributed by atoms with van der Waals surface area (Å²) < 4.78 is 0. The fraction of sp³-hybridized carbons (Fsp3) is 1.00. The van der Waals surface area contributed by atoms with Crippen LogP contribution in [0.3, 0.4) is 0 Å². The number of hydrogen-bond donors (Lipinski definition) is 1. The molecule has 0 rings (SSSR count). The second-order valence-corrected chi connectivity index (χ2v) is 0.316. The van der Waals surface area contributed by atoms with Crippen LogP contribution in [-0.2, 0) is 0 Å². The maximum Gasteiger partial charge on any atom is 2.00 e. The molecule has 0 amide bonds. The SMILES string of the molecule is CCO.F.[H-].[H-].[Mg+2]. The Morgan fingerprint density at radius 2 is 1.80 bits per heavy atom. The standard InChI is InChI=1S/C2H6O.FH.Mg.2H/c1-2-3;;;;/h3H,2H2,1H3;1H;;;/q;;+2;2*-1. The summed E-state index contributed by atoms with van der Waals surface area (Å²) in [5.74, 6) is 0. The van der Waals surface area contributed by atoms with E-state index < -0.39 is 0 Å². The van der Waals surface area contributed by atoms with Gasteiger partial charge in [-0.05, 0) is 6.92 Å². The van der Waals surface area contributed by atoms with Gasteiger partial charge in [-0.25, -0.2) is 0 Å². The van der Waals surface area contributed by atoms with Crippen LogP contribution in [0.5, 0.6) is 0 Å². The van der Waals surface area contributed by atoms with E-state index in [2.05, 4.69) is 0 Å². The predicted molar refractivity (Wildman–Crippen MR) is 23.2 cm³/mol. The van der Waals surface area contributed by atoms with Crippen molar-refractivity contribution in [2.45, 2.75) is 6.92 Å². The second kappa shape index (κ2) is 22.7. The number of rotatable bonds is 0. The van der Waals surface area contributed by atoms with Crippen molar-refractivity contribution in [3.63, 3.8) is 0 Å². The molecule has 1 nitrogen and oxygen atoms in total. The van der Waals surface area contributed by atoms with E-state index >= 15 is 0 Å². The van der Waals surface area contributed by atoms with Crippen LogP contribution in [0.4, 0.5) is 4.70 Å². The fourth-order valence-corrected chi connectivity index (χ4v) is 0. The Hall–Kier alpha value is 0.656. The van der Waals surface area contributed by atoms with Gasteiger partial charge in [-0.1, -0.05) is 0 Å². The number of aliphatic hydroxyl groups excluding tert-OH is 1. The van der Waals surface area contributed by atoms with Gasteiger partial charge >= 0.3 is 23.1 Å². The summed E-state index contributed by atoms with van der Waals surface area (Å²) in [7, 11) is 0. The third-order valence-electron chi connectivity index (χ3n) is 0. The first kappa shape index (κ1) is 17.4. The van der Waals surface area contributed by atoms with Gasteiger partial charge in [0.25, 0.3) is 0 Å². The fourth-order valence-electron chi connectivity index (χ4n) is 0. The zero-order valence-electron chi connectivity index (χ0n) is 5.27. The zero-order valence-corrected chi connectivity index (χ0v) is 4.68. The Morgan fingerprint density at radius 1 is 1.80 bits per heavy atom. The van der Waals surface area contributed by atoms with Gasteiger partial charge in [0.2, 0.25) is 0 Å². The zero-order chi connectivity index (χ0) is 2.71. The molecule has 0 bridgehead atoms. The van der Waals surface area contributed by atoms with Gasteiger partial charge in [0, 0.05) is 6.61 Å². The smallest absolute Gasteiger partial charge is 1.00 e. The Labute approximate surface area is 49.9 Å². The second-order valence-electron chi connectivity index (χ2n) is 0.316. The molecule has 0 aliphatic heterocycles. The minimum absolute atomic E-state index is 0. The van der Waals surface area contributed by atoms with Gasteiger partial charge in [0.1, 0.15) is 0 Å². The molecule has 0 aliphatic rings. The van der Waals surface area contributed by atoms with Crippen LogP contribution in [0, 0.1) is 0 Å². The molecule has 1 N–H and O–H groups in total. The molecule has 0 aromatic rings. The Balaban J connectivity index is -0.00000000333. The van der Waals surface area contributed by atoms with Crippen molar-refractivity contribution in [1.29, 1.82) is 0 Å². The van der Waals surface area contributed by atoms with Gasteiger partial charge in [-0.2, -0.15) is 0 Å². The van der Waals surface area contributed by atoms with Crippen LogP contribution in [-0.4, -0.2) is 34.8 Å². The average molecular weight is 92.4 g/mol. The quantitative estimate of drug-likeness (QED) is 0.417. The van der Waals surface area contributed by atoms with Crippen molar-refractivity contribution in [3.05, 3.63) is 0 Å². The molecule has 0 atom stereocenters. The monoisotopic (exact) mass is 92.0 g/mol. The van der Waals surface area contributed by atoms with Crippen LogP contribution in [0.25, 0.3) is 0 Å². The van der Waals surface area contributed by atoms with Crippen molar-refractivity contribution >= 4 is 23.1 Å². The molecular weight excluding hydrogens is 83.3 g/mol. The van der Waals surface area contributed by atoms with E-state index in [1.54, 1.807) is 6.92 Å². The normalized spacial score (nSPS) is 3.60. The van der Waals surface area contributed by atoms with Crippen molar-refractivity contribution in [2.75, 3.05) is 6.61 Å². The van der Waals surface area contributed by atoms with Crippen LogP contribution in [0.1, 0.15) is 9.78 Å². The average Bonchev–Trinajstić information content (AvgIpc) is 0.918. The molecule has 0 saturated heterocycles. The molecule has 0 aromatic heterocycles. The van der Waals surface area contributed by atoms with E-state index in [4.69, 9.17) is 5.11 Å². The molecule has 0 heterocycles. The first-order chi connectivity index (χ1) is 1.41. The van der Waals surface area contributed by atoms with Gasteiger partial charge in [0.15, 0.2) is 0 Å². The maximum atomic E-state index is 7.57. The third-order valence-corrected chi connectivity index (χ3v) is 0. The van der Waals surface area contributed by atoms with Crippen LogP contribution in [0.15, 0.2) is 0 Å². The first-order valence-electron chi connectivity index (χ1n) is 1.02. The molecule has 0 radical (unpaired) electrons. The molecule has 5 heavy (non-hydrogen) atoms. The minimum Gasteiger partial charge on any atom is -1.00 e. The molecular formula is C2H9FMgO. The minimum atomic E-state index is 0. The molecule has 0 aromatic carbocycles. The molecule has 0 fully saturated rings. The molecule has 0 saturated carbocycles. The van der Waals surface area contributed by atoms with E-state index in [1.165, 1.54) is 0 Å². The third kappa shape index (κ3) is 76.3. The molecule has 3 heteroatoms. The largest absolute Gasteiger partial charge is 2.00 e. The number of hydrogen-bond acceptors (Lipinski definition) is 1. The van der Waals surface area contributed by atoms with Crippen LogP contribution in [0.2, 0.25) is 0 Å². The van der Waals surface area contributed by atoms with Crippen molar-refractivity contribution < 1.29 is 12.7 Å². The topological polar surface area (TPSA) is 20.2 Å².